The summed E-state index contributed by atoms with van der Waals surface area (Å²) < 4.78 is 17.2. The minimum Gasteiger partial charge on any atom is -0.486 e. The molecule has 25 heavy (non-hydrogen) atoms. The van der Waals surface area contributed by atoms with Gasteiger partial charge in [-0.25, -0.2) is 0 Å². The topological polar surface area (TPSA) is 56.8 Å². The average molecular weight is 447 g/mol. The maximum absolute atomic E-state index is 12.0. The predicted octanol–water partition coefficient (Wildman–Crippen LogP) is 4.22. The van der Waals surface area contributed by atoms with Crippen LogP contribution < -0.4 is 19.5 Å². The molecule has 2 aromatic carbocycles. The zero-order chi connectivity index (χ0) is 17.8. The second-order valence-electron chi connectivity index (χ2n) is 5.24. The maximum Gasteiger partial charge on any atom is 0.258 e. The van der Waals surface area contributed by atoms with Gasteiger partial charge in [-0.2, -0.15) is 0 Å². The molecule has 0 saturated carbocycles. The van der Waals surface area contributed by atoms with Crippen LogP contribution in [0.15, 0.2) is 34.8 Å². The summed E-state index contributed by atoms with van der Waals surface area (Å²) in [5.41, 5.74) is 0.810. The lowest BCUT2D eigenvalue weighted by Gasteiger charge is -2.20. The van der Waals surface area contributed by atoms with Crippen molar-refractivity contribution < 1.29 is 19.0 Å². The van der Waals surface area contributed by atoms with Crippen LogP contribution in [-0.4, -0.2) is 25.7 Å². The molecule has 0 saturated heterocycles. The summed E-state index contributed by atoms with van der Waals surface area (Å²) >= 11 is 15.5. The van der Waals surface area contributed by atoms with Crippen LogP contribution in [0.25, 0.3) is 0 Å². The first kappa shape index (κ1) is 18.2. The number of halogens is 3. The second kappa shape index (κ2) is 8.17. The number of hydrogen-bond donors (Lipinski definition) is 1. The monoisotopic (exact) mass is 445 g/mol. The number of carbonyl (C=O) groups is 1. The van der Waals surface area contributed by atoms with Crippen LogP contribution in [0.2, 0.25) is 10.0 Å². The average Bonchev–Trinajstić information content (AvgIpc) is 2.59. The van der Waals surface area contributed by atoms with E-state index < -0.39 is 0 Å². The predicted molar refractivity (Wildman–Crippen MR) is 98.9 cm³/mol. The van der Waals surface area contributed by atoms with Gasteiger partial charge in [0.1, 0.15) is 19.0 Å². The number of amides is 1. The summed E-state index contributed by atoms with van der Waals surface area (Å²) in [6.45, 7) is 1.10. The molecule has 132 valence electrons. The van der Waals surface area contributed by atoms with E-state index in [1.54, 1.807) is 30.3 Å². The van der Waals surface area contributed by atoms with Gasteiger partial charge in [-0.3, -0.25) is 4.79 Å². The summed E-state index contributed by atoms with van der Waals surface area (Å²) in [4.78, 5) is 12.0. The zero-order valence-electron chi connectivity index (χ0n) is 13.0. The molecule has 1 aliphatic rings. The molecule has 1 amide bonds. The molecule has 0 aliphatic carbocycles. The van der Waals surface area contributed by atoms with Crippen LogP contribution in [-0.2, 0) is 11.3 Å². The molecule has 0 atom stereocenters. The third-order valence-corrected chi connectivity index (χ3v) is 4.47. The minimum atomic E-state index is -0.273. The van der Waals surface area contributed by atoms with Crippen molar-refractivity contribution in [2.45, 2.75) is 6.54 Å². The highest BCUT2D eigenvalue weighted by atomic mass is 79.9. The van der Waals surface area contributed by atoms with Crippen LogP contribution in [0.1, 0.15) is 5.56 Å². The summed E-state index contributed by atoms with van der Waals surface area (Å²) in [7, 11) is 0. The first-order chi connectivity index (χ1) is 12.0. The normalized spacial score (nSPS) is 12.6. The van der Waals surface area contributed by atoms with Crippen molar-refractivity contribution in [3.8, 4) is 17.2 Å². The van der Waals surface area contributed by atoms with Crippen molar-refractivity contribution in [2.75, 3.05) is 19.8 Å². The molecule has 0 unspecified atom stereocenters. The lowest BCUT2D eigenvalue weighted by Crippen LogP contribution is -2.28. The molecule has 1 N–H and O–H groups in total. The van der Waals surface area contributed by atoms with Crippen LogP contribution in [0.5, 0.6) is 17.2 Å². The van der Waals surface area contributed by atoms with Gasteiger partial charge in [-0.15, -0.1) is 0 Å². The van der Waals surface area contributed by atoms with Crippen LogP contribution in [0, 0.1) is 0 Å². The summed E-state index contributed by atoms with van der Waals surface area (Å²) in [6, 6.07) is 8.72. The molecule has 1 heterocycles. The van der Waals surface area contributed by atoms with Gasteiger partial charge in [0.25, 0.3) is 5.91 Å². The first-order valence-electron chi connectivity index (χ1n) is 7.45. The highest BCUT2D eigenvalue weighted by Gasteiger charge is 2.17. The molecule has 0 bridgehead atoms. The van der Waals surface area contributed by atoms with Gasteiger partial charge in [0, 0.05) is 11.0 Å². The fraction of sp³-hybridized carbons (Fsp3) is 0.235. The van der Waals surface area contributed by atoms with Crippen molar-refractivity contribution >= 4 is 45.0 Å². The van der Waals surface area contributed by atoms with E-state index in [1.807, 2.05) is 0 Å². The fourth-order valence-corrected chi connectivity index (χ4v) is 3.27. The van der Waals surface area contributed by atoms with Gasteiger partial charge in [-0.1, -0.05) is 39.1 Å². The van der Waals surface area contributed by atoms with Crippen LogP contribution in [0.4, 0.5) is 0 Å². The molecule has 8 heteroatoms. The van der Waals surface area contributed by atoms with E-state index in [1.165, 1.54) is 0 Å². The number of hydrogen-bond acceptors (Lipinski definition) is 4. The third-order valence-electron chi connectivity index (χ3n) is 3.40. The van der Waals surface area contributed by atoms with Crippen LogP contribution in [0.3, 0.4) is 0 Å². The van der Waals surface area contributed by atoms with Crippen molar-refractivity contribution in [1.29, 1.82) is 0 Å². The third kappa shape index (κ3) is 4.71. The van der Waals surface area contributed by atoms with E-state index in [-0.39, 0.29) is 12.5 Å². The number of rotatable bonds is 5. The minimum absolute atomic E-state index is 0.139. The summed E-state index contributed by atoms with van der Waals surface area (Å²) in [5, 5.41) is 3.65. The number of carbonyl (C=O) groups excluding carboxylic acids is 1. The molecule has 1 aliphatic heterocycles. The van der Waals surface area contributed by atoms with Crippen molar-refractivity contribution in [1.82, 2.24) is 5.32 Å². The van der Waals surface area contributed by atoms with Gasteiger partial charge >= 0.3 is 0 Å². The number of benzene rings is 2. The van der Waals surface area contributed by atoms with Crippen molar-refractivity contribution in [3.05, 3.63) is 50.4 Å². The molecule has 0 aromatic heterocycles. The maximum atomic E-state index is 12.0. The van der Waals surface area contributed by atoms with Gasteiger partial charge < -0.3 is 19.5 Å². The summed E-state index contributed by atoms with van der Waals surface area (Å²) in [5.74, 6) is 1.30. The molecule has 0 spiro atoms. The van der Waals surface area contributed by atoms with E-state index >= 15 is 0 Å². The Balaban J connectivity index is 1.54. The van der Waals surface area contributed by atoms with Crippen molar-refractivity contribution in [3.63, 3.8) is 0 Å². The highest BCUT2D eigenvalue weighted by Crippen LogP contribution is 2.38. The smallest absolute Gasteiger partial charge is 0.258 e. The Labute approximate surface area is 163 Å². The molecule has 5 nitrogen and oxygen atoms in total. The second-order valence-corrected chi connectivity index (χ2v) is 6.97. The number of nitrogens with one attached hydrogen (secondary N) is 1. The Morgan fingerprint density at radius 1 is 1.16 bits per heavy atom. The standard InChI is InChI=1S/C17H14BrCl2NO4/c18-11-1-2-14(12(19)7-11)25-9-16(22)21-8-10-5-13(20)17-15(6-10)23-3-4-24-17/h1-2,5-7H,3-4,8-9H2,(H,21,22). The Morgan fingerprint density at radius 3 is 2.76 bits per heavy atom. The SMILES string of the molecule is O=C(COc1ccc(Br)cc1Cl)NCc1cc(Cl)c2c(c1)OCCO2. The van der Waals surface area contributed by atoms with E-state index in [0.717, 1.165) is 10.0 Å². The Kier molecular flexibility index (Phi) is 5.93. The zero-order valence-corrected chi connectivity index (χ0v) is 16.1. The van der Waals surface area contributed by atoms with Gasteiger partial charge in [0.15, 0.2) is 18.1 Å². The molecule has 2 aromatic rings. The molecule has 0 radical (unpaired) electrons. The number of ether oxygens (including phenoxy) is 3. The summed E-state index contributed by atoms with van der Waals surface area (Å²) in [6.07, 6.45) is 0. The highest BCUT2D eigenvalue weighted by molar-refractivity contribution is 9.10. The number of fused-ring (bicyclic) bond motifs is 1. The van der Waals surface area contributed by atoms with E-state index in [0.29, 0.717) is 47.1 Å². The van der Waals surface area contributed by atoms with E-state index in [2.05, 4.69) is 21.2 Å². The lowest BCUT2D eigenvalue weighted by molar-refractivity contribution is -0.123. The Morgan fingerprint density at radius 2 is 1.96 bits per heavy atom. The molecular formula is C17H14BrCl2NO4. The Bertz CT molecular complexity index is 800. The molecule has 0 fully saturated rings. The van der Waals surface area contributed by atoms with Crippen LogP contribution >= 0.6 is 39.1 Å². The first-order valence-corrected chi connectivity index (χ1v) is 9.00. The van der Waals surface area contributed by atoms with E-state index in [4.69, 9.17) is 37.4 Å². The van der Waals surface area contributed by atoms with Gasteiger partial charge in [0.05, 0.1) is 10.0 Å². The fourth-order valence-electron chi connectivity index (χ4n) is 2.25. The van der Waals surface area contributed by atoms with Gasteiger partial charge in [0.2, 0.25) is 0 Å². The lowest BCUT2D eigenvalue weighted by atomic mass is 10.2. The Hall–Kier alpha value is -1.63. The molecular weight excluding hydrogens is 433 g/mol. The van der Waals surface area contributed by atoms with Crippen molar-refractivity contribution in [2.24, 2.45) is 0 Å². The quantitative estimate of drug-likeness (QED) is 0.746. The molecule has 3 rings (SSSR count). The van der Waals surface area contributed by atoms with E-state index in [9.17, 15) is 4.79 Å². The largest absolute Gasteiger partial charge is 0.486 e. The van der Waals surface area contributed by atoms with Gasteiger partial charge in [-0.05, 0) is 35.9 Å².